The van der Waals surface area contributed by atoms with Gasteiger partial charge in [-0.25, -0.2) is 9.37 Å². The van der Waals surface area contributed by atoms with Gasteiger partial charge in [-0.2, -0.15) is 0 Å². The van der Waals surface area contributed by atoms with Crippen LogP contribution >= 0.6 is 11.8 Å². The molecular formula is C25H28FN5OS. The quantitative estimate of drug-likeness (QED) is 0.270. The minimum absolute atomic E-state index is 0.0855. The van der Waals surface area contributed by atoms with E-state index in [0.717, 1.165) is 40.6 Å². The van der Waals surface area contributed by atoms with Crippen LogP contribution in [0.5, 0.6) is 0 Å². The fraction of sp³-hybridized carbons (Fsp3) is 0.360. The summed E-state index contributed by atoms with van der Waals surface area (Å²) in [6, 6.07) is 13.1. The smallest absolute Gasteiger partial charge is 0.220 e. The molecule has 8 heteroatoms. The molecule has 4 rings (SSSR count). The Labute approximate surface area is 197 Å². The molecule has 0 saturated carbocycles. The maximum absolute atomic E-state index is 14.4. The number of fused-ring (bicyclic) bond motifs is 3. The highest BCUT2D eigenvalue weighted by molar-refractivity contribution is 7.99. The lowest BCUT2D eigenvalue weighted by atomic mass is 10.1. The molecule has 0 atom stereocenters. The normalized spacial score (nSPS) is 11.5. The number of nitrogens with one attached hydrogen (secondary N) is 1. The van der Waals surface area contributed by atoms with E-state index >= 15 is 0 Å². The van der Waals surface area contributed by atoms with Crippen molar-refractivity contribution in [3.8, 4) is 0 Å². The van der Waals surface area contributed by atoms with Crippen LogP contribution in [0.15, 0.2) is 47.6 Å². The van der Waals surface area contributed by atoms with E-state index in [1.807, 2.05) is 43.5 Å². The number of thioether (sulfide) groups is 1. The molecule has 33 heavy (non-hydrogen) atoms. The van der Waals surface area contributed by atoms with Gasteiger partial charge in [0.2, 0.25) is 11.1 Å². The zero-order valence-electron chi connectivity index (χ0n) is 19.1. The molecular weight excluding hydrogens is 437 g/mol. The summed E-state index contributed by atoms with van der Waals surface area (Å²) in [6.45, 7) is 6.32. The number of aryl methyl sites for hydroxylation is 1. The van der Waals surface area contributed by atoms with E-state index in [9.17, 15) is 9.18 Å². The fourth-order valence-electron chi connectivity index (χ4n) is 3.82. The van der Waals surface area contributed by atoms with Gasteiger partial charge in [0.05, 0.1) is 12.1 Å². The van der Waals surface area contributed by atoms with Crippen molar-refractivity contribution in [1.29, 1.82) is 0 Å². The highest BCUT2D eigenvalue weighted by Crippen LogP contribution is 2.29. The van der Waals surface area contributed by atoms with Gasteiger partial charge >= 0.3 is 0 Å². The van der Waals surface area contributed by atoms with Crippen molar-refractivity contribution in [1.82, 2.24) is 25.1 Å². The number of nitrogens with zero attached hydrogens (tertiary/aromatic N) is 4. The minimum atomic E-state index is -0.238. The molecule has 2 heterocycles. The Hall–Kier alpha value is -3.00. The van der Waals surface area contributed by atoms with Gasteiger partial charge in [-0.3, -0.25) is 4.79 Å². The Balaban J connectivity index is 1.55. The second kappa shape index (κ2) is 10.3. The van der Waals surface area contributed by atoms with E-state index < -0.39 is 0 Å². The zero-order valence-corrected chi connectivity index (χ0v) is 20.0. The van der Waals surface area contributed by atoms with Crippen molar-refractivity contribution in [2.24, 2.45) is 0 Å². The Morgan fingerprint density at radius 3 is 2.76 bits per heavy atom. The fourth-order valence-corrected chi connectivity index (χ4v) is 4.60. The first-order chi connectivity index (χ1) is 15.9. The molecule has 0 radical (unpaired) electrons. The molecule has 1 amide bonds. The summed E-state index contributed by atoms with van der Waals surface area (Å²) < 4.78 is 16.4. The molecule has 0 spiro atoms. The summed E-state index contributed by atoms with van der Waals surface area (Å²) >= 11 is 1.53. The van der Waals surface area contributed by atoms with Crippen molar-refractivity contribution in [2.45, 2.75) is 57.8 Å². The lowest BCUT2D eigenvalue weighted by molar-refractivity contribution is -0.121. The molecule has 172 valence electrons. The number of hydrogen-bond acceptors (Lipinski definition) is 5. The molecule has 0 bridgehead atoms. The van der Waals surface area contributed by atoms with Crippen LogP contribution in [0.3, 0.4) is 0 Å². The SMILES string of the molecule is Cc1ccc2c(c1)c1nnc(SCCCCC(=O)NC(C)C)nc1n2Cc1ccccc1F. The minimum Gasteiger partial charge on any atom is -0.354 e. The molecule has 0 aliphatic carbocycles. The average Bonchev–Trinajstić information content (AvgIpc) is 3.07. The van der Waals surface area contributed by atoms with Gasteiger partial charge in [0.1, 0.15) is 11.3 Å². The van der Waals surface area contributed by atoms with Gasteiger partial charge in [0.25, 0.3) is 0 Å². The predicted octanol–water partition coefficient (Wildman–Crippen LogP) is 5.26. The van der Waals surface area contributed by atoms with Crippen LogP contribution in [0.4, 0.5) is 4.39 Å². The molecule has 2 aromatic heterocycles. The average molecular weight is 466 g/mol. The summed E-state index contributed by atoms with van der Waals surface area (Å²) in [5.74, 6) is 0.648. The lowest BCUT2D eigenvalue weighted by Gasteiger charge is -2.08. The first kappa shape index (κ1) is 23.2. The summed E-state index contributed by atoms with van der Waals surface area (Å²) in [5, 5.41) is 13.3. The number of hydrogen-bond donors (Lipinski definition) is 1. The molecule has 2 aromatic carbocycles. The molecule has 0 aliphatic heterocycles. The number of unbranched alkanes of at least 4 members (excludes halogenated alkanes) is 1. The van der Waals surface area contributed by atoms with Crippen molar-refractivity contribution in [2.75, 3.05) is 5.75 Å². The van der Waals surface area contributed by atoms with Crippen molar-refractivity contribution in [3.63, 3.8) is 0 Å². The molecule has 1 N–H and O–H groups in total. The monoisotopic (exact) mass is 465 g/mol. The number of halogens is 1. The third-order valence-electron chi connectivity index (χ3n) is 5.37. The maximum Gasteiger partial charge on any atom is 0.220 e. The molecule has 0 aliphatic rings. The van der Waals surface area contributed by atoms with Crippen LogP contribution < -0.4 is 5.32 Å². The molecule has 0 unspecified atom stereocenters. The van der Waals surface area contributed by atoms with Gasteiger partial charge in [-0.15, -0.1) is 10.2 Å². The topological polar surface area (TPSA) is 72.7 Å². The predicted molar refractivity (Wildman–Crippen MR) is 131 cm³/mol. The second-order valence-corrected chi connectivity index (χ2v) is 9.55. The highest BCUT2D eigenvalue weighted by Gasteiger charge is 2.16. The maximum atomic E-state index is 14.4. The summed E-state index contributed by atoms with van der Waals surface area (Å²) in [5.41, 5.74) is 4.10. The standard InChI is InChI=1S/C25H28FN5OS/c1-16(2)27-22(32)10-6-7-13-33-25-28-24-23(29-30-25)19-14-17(3)11-12-21(19)31(24)15-18-8-4-5-9-20(18)26/h4-5,8-9,11-12,14,16H,6-7,10,13,15H2,1-3H3,(H,27,32). The molecule has 6 nitrogen and oxygen atoms in total. The highest BCUT2D eigenvalue weighted by atomic mass is 32.2. The number of amides is 1. The van der Waals surface area contributed by atoms with E-state index in [1.54, 1.807) is 12.1 Å². The number of carbonyl (C=O) groups is 1. The molecule has 0 fully saturated rings. The summed E-state index contributed by atoms with van der Waals surface area (Å²) in [4.78, 5) is 16.6. The largest absolute Gasteiger partial charge is 0.354 e. The number of aromatic nitrogens is 4. The lowest BCUT2D eigenvalue weighted by Crippen LogP contribution is -2.29. The van der Waals surface area contributed by atoms with Crippen molar-refractivity contribution < 1.29 is 9.18 Å². The van der Waals surface area contributed by atoms with Gasteiger partial charge in [-0.05, 0) is 51.8 Å². The third kappa shape index (κ3) is 5.50. The van der Waals surface area contributed by atoms with Crippen LogP contribution in [-0.4, -0.2) is 37.5 Å². The first-order valence-corrected chi connectivity index (χ1v) is 12.2. The van der Waals surface area contributed by atoms with Crippen LogP contribution in [-0.2, 0) is 11.3 Å². The first-order valence-electron chi connectivity index (χ1n) is 11.2. The third-order valence-corrected chi connectivity index (χ3v) is 6.29. The Morgan fingerprint density at radius 2 is 1.97 bits per heavy atom. The summed E-state index contributed by atoms with van der Waals surface area (Å²) in [6.07, 6.45) is 2.22. The van der Waals surface area contributed by atoms with Crippen LogP contribution in [0.1, 0.15) is 44.2 Å². The summed E-state index contributed by atoms with van der Waals surface area (Å²) in [7, 11) is 0. The Morgan fingerprint density at radius 1 is 1.15 bits per heavy atom. The number of rotatable bonds is 9. The van der Waals surface area contributed by atoms with Crippen molar-refractivity contribution in [3.05, 3.63) is 59.4 Å². The Bertz CT molecular complexity index is 1290. The van der Waals surface area contributed by atoms with Crippen LogP contribution in [0.25, 0.3) is 22.1 Å². The van der Waals surface area contributed by atoms with E-state index in [-0.39, 0.29) is 17.8 Å². The van der Waals surface area contributed by atoms with E-state index in [2.05, 4.69) is 21.6 Å². The van der Waals surface area contributed by atoms with Gasteiger partial charge < -0.3 is 9.88 Å². The van der Waals surface area contributed by atoms with E-state index in [1.165, 1.54) is 17.8 Å². The zero-order chi connectivity index (χ0) is 23.4. The Kier molecular flexibility index (Phi) is 7.23. The molecule has 4 aromatic rings. The van der Waals surface area contributed by atoms with E-state index in [4.69, 9.17) is 4.98 Å². The van der Waals surface area contributed by atoms with Crippen LogP contribution in [0.2, 0.25) is 0 Å². The van der Waals surface area contributed by atoms with Gasteiger partial charge in [-0.1, -0.05) is 41.6 Å². The van der Waals surface area contributed by atoms with E-state index in [0.29, 0.717) is 29.3 Å². The van der Waals surface area contributed by atoms with Gasteiger partial charge in [0.15, 0.2) is 5.65 Å². The van der Waals surface area contributed by atoms with Gasteiger partial charge in [0, 0.05) is 29.2 Å². The van der Waals surface area contributed by atoms with Crippen LogP contribution in [0, 0.1) is 12.7 Å². The molecule has 0 saturated heterocycles. The second-order valence-electron chi connectivity index (χ2n) is 8.49. The van der Waals surface area contributed by atoms with Crippen molar-refractivity contribution >= 4 is 39.7 Å². The number of carbonyl (C=O) groups excluding carboxylic acids is 1. The number of benzene rings is 2.